The standard InChI is InChI=1S/C18H23N3O3/c1-12-4-2-3-5-14(12)13-8-10-21(11-9-13)16(22)7-6-15-17(23)20-18(24)19-15/h2-5,13,15H,6-11H2,1H3,(H2,19,20,23,24)/t15-/m1/s1. The summed E-state index contributed by atoms with van der Waals surface area (Å²) in [5.74, 6) is 0.230. The van der Waals surface area contributed by atoms with Crippen molar-refractivity contribution in [2.45, 2.75) is 44.6 Å². The number of urea groups is 1. The number of nitrogens with zero attached hydrogens (tertiary/aromatic N) is 1. The number of rotatable bonds is 4. The molecule has 0 bridgehead atoms. The molecule has 0 aliphatic carbocycles. The Morgan fingerprint density at radius 1 is 1.21 bits per heavy atom. The Labute approximate surface area is 141 Å². The first kappa shape index (κ1) is 16.5. The highest BCUT2D eigenvalue weighted by Gasteiger charge is 2.31. The van der Waals surface area contributed by atoms with Crippen LogP contribution >= 0.6 is 0 Å². The van der Waals surface area contributed by atoms with E-state index in [1.807, 2.05) is 4.90 Å². The zero-order chi connectivity index (χ0) is 17.1. The normalized spacial score (nSPS) is 21.5. The molecule has 0 radical (unpaired) electrons. The first-order valence-electron chi connectivity index (χ1n) is 8.49. The Balaban J connectivity index is 1.48. The van der Waals surface area contributed by atoms with Crippen molar-refractivity contribution in [2.75, 3.05) is 13.1 Å². The molecule has 3 rings (SSSR count). The second-order valence-corrected chi connectivity index (χ2v) is 6.57. The fourth-order valence-corrected chi connectivity index (χ4v) is 3.57. The number of hydrogen-bond acceptors (Lipinski definition) is 3. The molecule has 1 aromatic rings. The fourth-order valence-electron chi connectivity index (χ4n) is 3.57. The van der Waals surface area contributed by atoms with Gasteiger partial charge in [-0.2, -0.15) is 0 Å². The molecule has 0 saturated carbocycles. The lowest BCUT2D eigenvalue weighted by molar-refractivity contribution is -0.132. The van der Waals surface area contributed by atoms with Crippen LogP contribution in [0.25, 0.3) is 0 Å². The van der Waals surface area contributed by atoms with Crippen LogP contribution in [0.1, 0.15) is 42.7 Å². The Bertz CT molecular complexity index is 651. The van der Waals surface area contributed by atoms with Gasteiger partial charge in [-0.1, -0.05) is 24.3 Å². The van der Waals surface area contributed by atoms with Crippen molar-refractivity contribution in [2.24, 2.45) is 0 Å². The highest BCUT2D eigenvalue weighted by atomic mass is 16.2. The third kappa shape index (κ3) is 3.58. The number of likely N-dealkylation sites (tertiary alicyclic amines) is 1. The SMILES string of the molecule is Cc1ccccc1C1CCN(C(=O)CC[C@H]2NC(=O)NC2=O)CC1. The van der Waals surface area contributed by atoms with Gasteiger partial charge in [0.25, 0.3) is 5.91 Å². The minimum absolute atomic E-state index is 0.0622. The van der Waals surface area contributed by atoms with Crippen molar-refractivity contribution >= 4 is 17.8 Å². The topological polar surface area (TPSA) is 78.5 Å². The second-order valence-electron chi connectivity index (χ2n) is 6.57. The van der Waals surface area contributed by atoms with E-state index >= 15 is 0 Å². The molecule has 128 valence electrons. The third-order valence-corrected chi connectivity index (χ3v) is 4.98. The summed E-state index contributed by atoms with van der Waals surface area (Å²) in [6.07, 6.45) is 2.58. The van der Waals surface area contributed by atoms with Gasteiger partial charge in [-0.15, -0.1) is 0 Å². The van der Waals surface area contributed by atoms with E-state index in [-0.39, 0.29) is 18.2 Å². The van der Waals surface area contributed by atoms with Gasteiger partial charge in [0, 0.05) is 19.5 Å². The van der Waals surface area contributed by atoms with Crippen molar-refractivity contribution in [3.05, 3.63) is 35.4 Å². The second kappa shape index (κ2) is 7.03. The van der Waals surface area contributed by atoms with Gasteiger partial charge in [0.15, 0.2) is 0 Å². The van der Waals surface area contributed by atoms with Gasteiger partial charge in [-0.25, -0.2) is 4.79 Å². The molecule has 6 heteroatoms. The van der Waals surface area contributed by atoms with E-state index in [1.54, 1.807) is 0 Å². The number of amides is 4. The van der Waals surface area contributed by atoms with Crippen LogP contribution in [0, 0.1) is 6.92 Å². The molecule has 2 fully saturated rings. The summed E-state index contributed by atoms with van der Waals surface area (Å²) in [5.41, 5.74) is 2.69. The van der Waals surface area contributed by atoms with Crippen LogP contribution in [0.4, 0.5) is 4.79 Å². The summed E-state index contributed by atoms with van der Waals surface area (Å²) in [7, 11) is 0. The summed E-state index contributed by atoms with van der Waals surface area (Å²) in [4.78, 5) is 36.8. The van der Waals surface area contributed by atoms with Crippen LogP contribution in [-0.2, 0) is 9.59 Å². The molecule has 2 N–H and O–H groups in total. The molecule has 0 aromatic heterocycles. The van der Waals surface area contributed by atoms with Gasteiger partial charge >= 0.3 is 6.03 Å². The van der Waals surface area contributed by atoms with E-state index in [2.05, 4.69) is 41.8 Å². The van der Waals surface area contributed by atoms with Gasteiger partial charge in [-0.3, -0.25) is 14.9 Å². The highest BCUT2D eigenvalue weighted by Crippen LogP contribution is 2.30. The molecule has 24 heavy (non-hydrogen) atoms. The monoisotopic (exact) mass is 329 g/mol. The van der Waals surface area contributed by atoms with Crippen LogP contribution < -0.4 is 10.6 Å². The highest BCUT2D eigenvalue weighted by molar-refractivity contribution is 6.04. The van der Waals surface area contributed by atoms with Gasteiger partial charge in [0.1, 0.15) is 6.04 Å². The number of hydrogen-bond donors (Lipinski definition) is 2. The summed E-state index contributed by atoms with van der Waals surface area (Å²) < 4.78 is 0. The Hall–Kier alpha value is -2.37. The molecular weight excluding hydrogens is 306 g/mol. The Morgan fingerprint density at radius 2 is 1.92 bits per heavy atom. The van der Waals surface area contributed by atoms with Crippen LogP contribution in [0.3, 0.4) is 0 Å². The number of benzene rings is 1. The maximum absolute atomic E-state index is 12.3. The summed E-state index contributed by atoms with van der Waals surface area (Å²) >= 11 is 0. The average Bonchev–Trinajstić information content (AvgIpc) is 2.91. The van der Waals surface area contributed by atoms with Gasteiger partial charge in [0.05, 0.1) is 0 Å². The summed E-state index contributed by atoms with van der Waals surface area (Å²) in [5, 5.41) is 4.71. The lowest BCUT2D eigenvalue weighted by Crippen LogP contribution is -2.39. The molecule has 2 heterocycles. The minimum atomic E-state index is -0.578. The minimum Gasteiger partial charge on any atom is -0.343 e. The lowest BCUT2D eigenvalue weighted by atomic mass is 9.87. The molecule has 0 unspecified atom stereocenters. The lowest BCUT2D eigenvalue weighted by Gasteiger charge is -2.33. The fraction of sp³-hybridized carbons (Fsp3) is 0.500. The molecular formula is C18H23N3O3. The van der Waals surface area contributed by atoms with Crippen LogP contribution in [0.2, 0.25) is 0 Å². The van der Waals surface area contributed by atoms with E-state index in [0.717, 1.165) is 25.9 Å². The van der Waals surface area contributed by atoms with Crippen LogP contribution in [-0.4, -0.2) is 41.9 Å². The number of aryl methyl sites for hydroxylation is 1. The maximum Gasteiger partial charge on any atom is 0.322 e. The largest absolute Gasteiger partial charge is 0.343 e. The molecule has 2 aliphatic rings. The van der Waals surface area contributed by atoms with Gasteiger partial charge in [0.2, 0.25) is 5.91 Å². The van der Waals surface area contributed by atoms with Crippen molar-refractivity contribution in [1.29, 1.82) is 0 Å². The quantitative estimate of drug-likeness (QED) is 0.825. The van der Waals surface area contributed by atoms with Gasteiger partial charge < -0.3 is 10.2 Å². The zero-order valence-corrected chi connectivity index (χ0v) is 13.9. The number of piperidine rings is 1. The first-order valence-corrected chi connectivity index (χ1v) is 8.49. The Morgan fingerprint density at radius 3 is 2.54 bits per heavy atom. The van der Waals surface area contributed by atoms with E-state index < -0.39 is 12.1 Å². The molecule has 2 aliphatic heterocycles. The zero-order valence-electron chi connectivity index (χ0n) is 13.9. The van der Waals surface area contributed by atoms with Crippen molar-refractivity contribution in [3.8, 4) is 0 Å². The van der Waals surface area contributed by atoms with E-state index in [9.17, 15) is 14.4 Å². The van der Waals surface area contributed by atoms with Gasteiger partial charge in [-0.05, 0) is 43.2 Å². The number of imide groups is 1. The first-order chi connectivity index (χ1) is 11.5. The predicted octanol–water partition coefficient (Wildman–Crippen LogP) is 1.69. The predicted molar refractivity (Wildman–Crippen MR) is 89.4 cm³/mol. The van der Waals surface area contributed by atoms with Crippen LogP contribution in [0.5, 0.6) is 0 Å². The molecule has 4 amide bonds. The van der Waals surface area contributed by atoms with Crippen LogP contribution in [0.15, 0.2) is 24.3 Å². The van der Waals surface area contributed by atoms with Crippen molar-refractivity contribution in [3.63, 3.8) is 0 Å². The molecule has 2 saturated heterocycles. The van der Waals surface area contributed by atoms with E-state index in [1.165, 1.54) is 11.1 Å². The molecule has 0 spiro atoms. The molecule has 1 aromatic carbocycles. The number of nitrogens with one attached hydrogen (secondary N) is 2. The average molecular weight is 329 g/mol. The van der Waals surface area contributed by atoms with Crippen molar-refractivity contribution in [1.82, 2.24) is 15.5 Å². The Kier molecular flexibility index (Phi) is 4.83. The van der Waals surface area contributed by atoms with Crippen molar-refractivity contribution < 1.29 is 14.4 Å². The maximum atomic E-state index is 12.3. The van der Waals surface area contributed by atoms with E-state index in [0.29, 0.717) is 12.3 Å². The molecule has 6 nitrogen and oxygen atoms in total. The molecule has 1 atom stereocenters. The smallest absolute Gasteiger partial charge is 0.322 e. The summed E-state index contributed by atoms with van der Waals surface area (Å²) in [6, 6.07) is 7.38. The number of carbonyl (C=O) groups excluding carboxylic acids is 3. The summed E-state index contributed by atoms with van der Waals surface area (Å²) in [6.45, 7) is 3.63. The third-order valence-electron chi connectivity index (χ3n) is 4.98. The number of carbonyl (C=O) groups is 3. The van der Waals surface area contributed by atoms with E-state index in [4.69, 9.17) is 0 Å².